The molecule has 9 heteroatoms. The topological polar surface area (TPSA) is 85.8 Å². The number of allylic oxidation sites excluding steroid dienone is 1. The fraction of sp³-hybridized carbons (Fsp3) is 0.167. The molecule has 33 heavy (non-hydrogen) atoms. The Morgan fingerprint density at radius 3 is 2.73 bits per heavy atom. The van der Waals surface area contributed by atoms with E-state index >= 15 is 0 Å². The van der Waals surface area contributed by atoms with Crippen LogP contribution in [0.2, 0.25) is 0 Å². The predicted octanol–water partition coefficient (Wildman–Crippen LogP) is 5.12. The van der Waals surface area contributed by atoms with Crippen LogP contribution in [0, 0.1) is 6.92 Å². The summed E-state index contributed by atoms with van der Waals surface area (Å²) >= 11 is 5.71. The van der Waals surface area contributed by atoms with Crippen molar-refractivity contribution in [1.29, 1.82) is 0 Å². The number of benzene rings is 1. The Hall–Kier alpha value is -3.91. The molecular formula is C24H23ClN6O2. The zero-order chi connectivity index (χ0) is 23.5. The largest absolute Gasteiger partial charge is 0.457 e. The molecular weight excluding hydrogens is 440 g/mol. The highest BCUT2D eigenvalue weighted by molar-refractivity contribution is 6.68. The van der Waals surface area contributed by atoms with E-state index in [1.165, 1.54) is 6.33 Å². The number of aryl methyl sites for hydroxylation is 2. The molecule has 0 aliphatic rings. The first kappa shape index (κ1) is 22.3. The Kier molecular flexibility index (Phi) is 6.28. The molecule has 0 aliphatic heterocycles. The van der Waals surface area contributed by atoms with Gasteiger partial charge in [-0.1, -0.05) is 5.57 Å². The molecule has 3 heterocycles. The number of nitrogens with zero attached hydrogens (tertiary/aromatic N) is 5. The van der Waals surface area contributed by atoms with Crippen LogP contribution in [-0.2, 0) is 7.05 Å². The van der Waals surface area contributed by atoms with Crippen LogP contribution >= 0.6 is 11.6 Å². The lowest BCUT2D eigenvalue weighted by Gasteiger charge is -2.13. The zero-order valence-electron chi connectivity index (χ0n) is 18.7. The maximum atomic E-state index is 11.8. The van der Waals surface area contributed by atoms with Gasteiger partial charge in [0.25, 0.3) is 5.24 Å². The van der Waals surface area contributed by atoms with Crippen LogP contribution < -0.4 is 15.5 Å². The molecule has 0 bridgehead atoms. The van der Waals surface area contributed by atoms with Gasteiger partial charge in [-0.2, -0.15) is 5.10 Å². The average molecular weight is 463 g/mol. The number of carbonyl (C=O) groups is 1. The minimum absolute atomic E-state index is 0.336. The first-order valence-electron chi connectivity index (χ1n) is 10.2. The van der Waals surface area contributed by atoms with E-state index in [1.54, 1.807) is 16.8 Å². The van der Waals surface area contributed by atoms with Gasteiger partial charge in [0, 0.05) is 37.4 Å². The Morgan fingerprint density at radius 2 is 2.00 bits per heavy atom. The van der Waals surface area contributed by atoms with E-state index in [2.05, 4.69) is 20.4 Å². The summed E-state index contributed by atoms with van der Waals surface area (Å²) in [5.41, 5.74) is 4.46. The fourth-order valence-electron chi connectivity index (χ4n) is 3.24. The molecule has 4 rings (SSSR count). The van der Waals surface area contributed by atoms with Crippen molar-refractivity contribution in [3.05, 3.63) is 83.5 Å². The minimum atomic E-state index is -0.567. The van der Waals surface area contributed by atoms with Crippen LogP contribution in [-0.4, -0.2) is 24.4 Å². The number of ether oxygens (including phenoxy) is 1. The monoisotopic (exact) mass is 462 g/mol. The Balaban J connectivity index is 1.60. The molecule has 8 nitrogen and oxygen atoms in total. The third kappa shape index (κ3) is 4.96. The molecule has 0 amide bonds. The maximum absolute atomic E-state index is 11.8. The van der Waals surface area contributed by atoms with Gasteiger partial charge in [-0.15, -0.1) is 0 Å². The van der Waals surface area contributed by atoms with E-state index in [4.69, 9.17) is 16.3 Å². The van der Waals surface area contributed by atoms with Crippen molar-refractivity contribution in [3.8, 4) is 11.5 Å². The van der Waals surface area contributed by atoms with Crippen molar-refractivity contribution < 1.29 is 9.53 Å². The van der Waals surface area contributed by atoms with Gasteiger partial charge < -0.3 is 14.6 Å². The Bertz CT molecular complexity index is 1450. The quantitative estimate of drug-likeness (QED) is 0.402. The number of aromatic nitrogens is 4. The van der Waals surface area contributed by atoms with Gasteiger partial charge in [0.2, 0.25) is 0 Å². The fourth-order valence-corrected chi connectivity index (χ4v) is 3.39. The second-order valence-electron chi connectivity index (χ2n) is 7.78. The molecule has 0 unspecified atom stereocenters. The van der Waals surface area contributed by atoms with E-state index < -0.39 is 5.24 Å². The summed E-state index contributed by atoms with van der Waals surface area (Å²) in [6.45, 7) is 5.96. The van der Waals surface area contributed by atoms with Crippen molar-refractivity contribution in [3.63, 3.8) is 0 Å². The molecule has 0 fully saturated rings. The lowest BCUT2D eigenvalue weighted by atomic mass is 10.2. The van der Waals surface area contributed by atoms with E-state index in [0.29, 0.717) is 22.6 Å². The van der Waals surface area contributed by atoms with Crippen LogP contribution in [0.3, 0.4) is 0 Å². The highest BCUT2D eigenvalue weighted by Gasteiger charge is 2.15. The van der Waals surface area contributed by atoms with Gasteiger partial charge in [0.05, 0.1) is 5.56 Å². The average Bonchev–Trinajstić information content (AvgIpc) is 3.21. The summed E-state index contributed by atoms with van der Waals surface area (Å²) in [5.74, 6) is 1.89. The lowest BCUT2D eigenvalue weighted by Crippen LogP contribution is -2.16. The highest BCUT2D eigenvalue weighted by Crippen LogP contribution is 2.29. The molecule has 168 valence electrons. The van der Waals surface area contributed by atoms with E-state index in [1.807, 2.05) is 75.1 Å². The summed E-state index contributed by atoms with van der Waals surface area (Å²) in [6.07, 6.45) is 6.81. The number of fused-ring (bicyclic) bond motifs is 1. The van der Waals surface area contributed by atoms with Crippen LogP contribution in [0.25, 0.3) is 5.52 Å². The van der Waals surface area contributed by atoms with E-state index in [9.17, 15) is 4.79 Å². The minimum Gasteiger partial charge on any atom is -0.457 e. The molecule has 0 radical (unpaired) electrons. The third-order valence-corrected chi connectivity index (χ3v) is 5.08. The maximum Gasteiger partial charge on any atom is 0.254 e. The van der Waals surface area contributed by atoms with Gasteiger partial charge in [-0.05, 0) is 68.3 Å². The predicted molar refractivity (Wildman–Crippen MR) is 128 cm³/mol. The molecule has 0 saturated carbocycles. The number of anilines is 2. The third-order valence-electron chi connectivity index (χ3n) is 4.88. The van der Waals surface area contributed by atoms with Gasteiger partial charge in [0.1, 0.15) is 28.8 Å². The molecule has 0 atom stereocenters. The van der Waals surface area contributed by atoms with Gasteiger partial charge in [-0.3, -0.25) is 4.79 Å². The summed E-state index contributed by atoms with van der Waals surface area (Å²) < 4.78 is 9.60. The first-order valence-corrected chi connectivity index (χ1v) is 10.6. The van der Waals surface area contributed by atoms with Gasteiger partial charge in [-0.25, -0.2) is 14.5 Å². The number of nitrogens with one attached hydrogen (secondary N) is 1. The summed E-state index contributed by atoms with van der Waals surface area (Å²) in [6, 6.07) is 11.1. The second kappa shape index (κ2) is 9.30. The van der Waals surface area contributed by atoms with Crippen molar-refractivity contribution in [2.24, 2.45) is 12.0 Å². The van der Waals surface area contributed by atoms with Gasteiger partial charge >= 0.3 is 0 Å². The number of hydrogen-bond donors (Lipinski definition) is 1. The highest BCUT2D eigenvalue weighted by atomic mass is 35.5. The molecule has 0 spiro atoms. The number of carbonyl (C=O) groups excluding carboxylic acids is 1. The SMILES string of the molecule is CC(C)=CN=c1cc(Oc2ccc(Nc3ncnn4ccc(C(=O)Cl)c34)cc2C)ccn1C. The van der Waals surface area contributed by atoms with Crippen molar-refractivity contribution in [2.45, 2.75) is 20.8 Å². The second-order valence-corrected chi connectivity index (χ2v) is 8.12. The molecule has 1 N–H and O–H groups in total. The Labute approximate surface area is 195 Å². The zero-order valence-corrected chi connectivity index (χ0v) is 19.5. The normalized spacial score (nSPS) is 11.5. The van der Waals surface area contributed by atoms with Crippen LogP contribution in [0.5, 0.6) is 11.5 Å². The molecule has 3 aromatic heterocycles. The first-order chi connectivity index (χ1) is 15.8. The standard InChI is InChI=1S/C24H23ClN6O2/c1-15(2)13-26-21-12-18(7-9-30(21)4)33-20-6-5-17(11-16(20)3)29-24-22-19(23(25)32)8-10-31(22)28-14-27-24/h5-14H,1-4H3,(H,27,28,29). The molecule has 1 aromatic carbocycles. The number of hydrogen-bond acceptors (Lipinski definition) is 6. The molecule has 0 aliphatic carbocycles. The van der Waals surface area contributed by atoms with Crippen LogP contribution in [0.1, 0.15) is 29.8 Å². The summed E-state index contributed by atoms with van der Waals surface area (Å²) in [5, 5.41) is 6.80. The number of halogens is 1. The van der Waals surface area contributed by atoms with Crippen LogP contribution in [0.4, 0.5) is 11.5 Å². The van der Waals surface area contributed by atoms with Crippen molar-refractivity contribution >= 4 is 33.9 Å². The molecule has 4 aromatic rings. The van der Waals surface area contributed by atoms with Crippen molar-refractivity contribution in [1.82, 2.24) is 19.2 Å². The van der Waals surface area contributed by atoms with Crippen molar-refractivity contribution in [2.75, 3.05) is 5.32 Å². The lowest BCUT2D eigenvalue weighted by molar-refractivity contribution is 0.108. The number of rotatable bonds is 6. The summed E-state index contributed by atoms with van der Waals surface area (Å²) in [4.78, 5) is 20.5. The smallest absolute Gasteiger partial charge is 0.254 e. The Morgan fingerprint density at radius 1 is 1.18 bits per heavy atom. The van der Waals surface area contributed by atoms with Gasteiger partial charge in [0.15, 0.2) is 5.82 Å². The van der Waals surface area contributed by atoms with E-state index in [-0.39, 0.29) is 0 Å². The van der Waals surface area contributed by atoms with E-state index in [0.717, 1.165) is 28.1 Å². The number of pyridine rings is 1. The van der Waals surface area contributed by atoms with Crippen LogP contribution in [0.15, 0.2) is 71.9 Å². The summed E-state index contributed by atoms with van der Waals surface area (Å²) in [7, 11) is 1.94. The molecule has 0 saturated heterocycles.